The number of aryl methyl sites for hydroxylation is 3. The highest BCUT2D eigenvalue weighted by atomic mass is 16.6. The number of imidazole rings is 1. The van der Waals surface area contributed by atoms with Crippen molar-refractivity contribution in [2.45, 2.75) is 33.9 Å². The third-order valence-corrected chi connectivity index (χ3v) is 3.34. The lowest BCUT2D eigenvalue weighted by atomic mass is 10.1. The van der Waals surface area contributed by atoms with Crippen LogP contribution in [0.4, 0.5) is 11.4 Å². The smallest absolute Gasteiger partial charge is 0.272 e. The molecule has 0 aliphatic carbocycles. The lowest BCUT2D eigenvalue weighted by Gasteiger charge is -2.12. The molecule has 20 heavy (non-hydrogen) atoms. The summed E-state index contributed by atoms with van der Waals surface area (Å²) < 4.78 is 2.06. The molecule has 0 saturated heterocycles. The van der Waals surface area contributed by atoms with Crippen molar-refractivity contribution in [3.05, 3.63) is 51.6 Å². The molecule has 6 heteroatoms. The highest BCUT2D eigenvalue weighted by Crippen LogP contribution is 2.26. The van der Waals surface area contributed by atoms with Crippen LogP contribution < -0.4 is 5.32 Å². The predicted molar refractivity (Wildman–Crippen MR) is 77.8 cm³/mol. The molecule has 0 aliphatic heterocycles. The summed E-state index contributed by atoms with van der Waals surface area (Å²) in [5.41, 5.74) is 3.68. The molecule has 0 unspecified atom stereocenters. The SMILES string of the molecule is CCn1cncc1CNc1cc(C)c([N+](=O)[O-])cc1C. The van der Waals surface area contributed by atoms with E-state index < -0.39 is 0 Å². The number of benzene rings is 1. The van der Waals surface area contributed by atoms with Crippen molar-refractivity contribution in [3.8, 4) is 0 Å². The molecule has 2 aromatic rings. The van der Waals surface area contributed by atoms with Crippen molar-refractivity contribution in [2.75, 3.05) is 5.32 Å². The molecule has 6 nitrogen and oxygen atoms in total. The fourth-order valence-corrected chi connectivity index (χ4v) is 2.15. The zero-order valence-corrected chi connectivity index (χ0v) is 11.9. The molecule has 0 saturated carbocycles. The quantitative estimate of drug-likeness (QED) is 0.671. The summed E-state index contributed by atoms with van der Waals surface area (Å²) in [5, 5.41) is 14.2. The van der Waals surface area contributed by atoms with Crippen LogP contribution in [0.3, 0.4) is 0 Å². The molecule has 0 bridgehead atoms. The second-order valence-electron chi connectivity index (χ2n) is 4.74. The molecule has 0 spiro atoms. The molecule has 0 atom stereocenters. The Labute approximate surface area is 117 Å². The number of rotatable bonds is 5. The Balaban J connectivity index is 2.18. The number of nitrogens with one attached hydrogen (secondary N) is 1. The molecule has 0 radical (unpaired) electrons. The number of nitrogens with zero attached hydrogens (tertiary/aromatic N) is 3. The Kier molecular flexibility index (Phi) is 4.02. The van der Waals surface area contributed by atoms with Crippen molar-refractivity contribution >= 4 is 11.4 Å². The molecule has 1 N–H and O–H groups in total. The standard InChI is InChI=1S/C14H18N4O2/c1-4-17-9-15-7-12(17)8-16-13-5-11(3)14(18(19)20)6-10(13)2/h5-7,9,16H,4,8H2,1-3H3. The number of nitro benzene ring substituents is 1. The molecular weight excluding hydrogens is 256 g/mol. The Morgan fingerprint density at radius 2 is 2.10 bits per heavy atom. The Morgan fingerprint density at radius 3 is 2.75 bits per heavy atom. The predicted octanol–water partition coefficient (Wildman–Crippen LogP) is 3.04. The van der Waals surface area contributed by atoms with E-state index in [1.54, 1.807) is 19.3 Å². The van der Waals surface area contributed by atoms with Gasteiger partial charge < -0.3 is 9.88 Å². The first-order valence-corrected chi connectivity index (χ1v) is 6.51. The summed E-state index contributed by atoms with van der Waals surface area (Å²) >= 11 is 0. The van der Waals surface area contributed by atoms with Crippen LogP contribution in [0.15, 0.2) is 24.7 Å². The molecule has 1 aromatic carbocycles. The summed E-state index contributed by atoms with van der Waals surface area (Å²) in [6.45, 7) is 7.19. The second kappa shape index (κ2) is 5.73. The largest absolute Gasteiger partial charge is 0.379 e. The van der Waals surface area contributed by atoms with Gasteiger partial charge in [0, 0.05) is 30.1 Å². The number of nitro groups is 1. The zero-order chi connectivity index (χ0) is 14.7. The average molecular weight is 274 g/mol. The molecule has 106 valence electrons. The first-order valence-electron chi connectivity index (χ1n) is 6.51. The topological polar surface area (TPSA) is 73.0 Å². The number of hydrogen-bond acceptors (Lipinski definition) is 4. The van der Waals surface area contributed by atoms with E-state index in [-0.39, 0.29) is 10.6 Å². The van der Waals surface area contributed by atoms with E-state index in [4.69, 9.17) is 0 Å². The van der Waals surface area contributed by atoms with Gasteiger partial charge in [-0.3, -0.25) is 10.1 Å². The van der Waals surface area contributed by atoms with Gasteiger partial charge in [0.05, 0.1) is 23.5 Å². The Hall–Kier alpha value is -2.37. The van der Waals surface area contributed by atoms with Crippen molar-refractivity contribution in [2.24, 2.45) is 0 Å². The monoisotopic (exact) mass is 274 g/mol. The van der Waals surface area contributed by atoms with Gasteiger partial charge in [-0.05, 0) is 32.4 Å². The summed E-state index contributed by atoms with van der Waals surface area (Å²) in [5.74, 6) is 0. The summed E-state index contributed by atoms with van der Waals surface area (Å²) in [7, 11) is 0. The van der Waals surface area contributed by atoms with Crippen molar-refractivity contribution in [1.82, 2.24) is 9.55 Å². The van der Waals surface area contributed by atoms with Crippen LogP contribution in [0.2, 0.25) is 0 Å². The van der Waals surface area contributed by atoms with Gasteiger partial charge in [-0.1, -0.05) is 0 Å². The van der Waals surface area contributed by atoms with Crippen LogP contribution in [-0.4, -0.2) is 14.5 Å². The maximum absolute atomic E-state index is 10.9. The molecule has 0 amide bonds. The van der Waals surface area contributed by atoms with Crippen LogP contribution in [-0.2, 0) is 13.1 Å². The van der Waals surface area contributed by atoms with Crippen LogP contribution in [0.5, 0.6) is 0 Å². The molecule has 0 fully saturated rings. The van der Waals surface area contributed by atoms with Crippen LogP contribution in [0.25, 0.3) is 0 Å². The third kappa shape index (κ3) is 2.79. The van der Waals surface area contributed by atoms with Gasteiger partial charge in [0.25, 0.3) is 5.69 Å². The van der Waals surface area contributed by atoms with E-state index in [0.29, 0.717) is 12.1 Å². The average Bonchev–Trinajstić information content (AvgIpc) is 2.86. The van der Waals surface area contributed by atoms with Crippen molar-refractivity contribution < 1.29 is 4.92 Å². The second-order valence-corrected chi connectivity index (χ2v) is 4.74. The van der Waals surface area contributed by atoms with Crippen LogP contribution in [0, 0.1) is 24.0 Å². The third-order valence-electron chi connectivity index (χ3n) is 3.34. The van der Waals surface area contributed by atoms with Crippen molar-refractivity contribution in [3.63, 3.8) is 0 Å². The highest BCUT2D eigenvalue weighted by Gasteiger charge is 2.13. The van der Waals surface area contributed by atoms with E-state index in [1.165, 1.54) is 0 Å². The normalized spacial score (nSPS) is 10.6. The molecule has 2 rings (SSSR count). The number of aromatic nitrogens is 2. The summed E-state index contributed by atoms with van der Waals surface area (Å²) in [6.07, 6.45) is 3.62. The van der Waals surface area contributed by atoms with E-state index >= 15 is 0 Å². The summed E-state index contributed by atoms with van der Waals surface area (Å²) in [4.78, 5) is 14.7. The fraction of sp³-hybridized carbons (Fsp3) is 0.357. The van der Waals surface area contributed by atoms with Gasteiger partial charge in [0.1, 0.15) is 0 Å². The first kappa shape index (κ1) is 14.0. The zero-order valence-electron chi connectivity index (χ0n) is 11.9. The minimum atomic E-state index is -0.349. The minimum Gasteiger partial charge on any atom is -0.379 e. The highest BCUT2D eigenvalue weighted by molar-refractivity contribution is 5.59. The molecule has 0 aliphatic rings. The van der Waals surface area contributed by atoms with Crippen LogP contribution in [0.1, 0.15) is 23.7 Å². The van der Waals surface area contributed by atoms with Crippen LogP contribution >= 0.6 is 0 Å². The van der Waals surface area contributed by atoms with E-state index in [1.807, 2.05) is 19.2 Å². The minimum absolute atomic E-state index is 0.159. The Bertz CT molecular complexity index is 634. The van der Waals surface area contributed by atoms with Gasteiger partial charge in [-0.15, -0.1) is 0 Å². The van der Waals surface area contributed by atoms with Gasteiger partial charge in [0.15, 0.2) is 0 Å². The molecule has 1 aromatic heterocycles. The maximum Gasteiger partial charge on any atom is 0.272 e. The first-order chi connectivity index (χ1) is 9.52. The number of anilines is 1. The van der Waals surface area contributed by atoms with Gasteiger partial charge in [0.2, 0.25) is 0 Å². The van der Waals surface area contributed by atoms with E-state index in [2.05, 4.69) is 21.8 Å². The molecule has 1 heterocycles. The summed E-state index contributed by atoms with van der Waals surface area (Å²) in [6, 6.07) is 3.43. The van der Waals surface area contributed by atoms with Gasteiger partial charge in [-0.2, -0.15) is 0 Å². The van der Waals surface area contributed by atoms with E-state index in [0.717, 1.165) is 23.5 Å². The van der Waals surface area contributed by atoms with Gasteiger partial charge >= 0.3 is 0 Å². The fourth-order valence-electron chi connectivity index (χ4n) is 2.15. The lowest BCUT2D eigenvalue weighted by Crippen LogP contribution is -2.07. The van der Waals surface area contributed by atoms with E-state index in [9.17, 15) is 10.1 Å². The van der Waals surface area contributed by atoms with Gasteiger partial charge in [-0.25, -0.2) is 4.98 Å². The number of hydrogen-bond donors (Lipinski definition) is 1. The molecular formula is C14H18N4O2. The maximum atomic E-state index is 10.9. The lowest BCUT2D eigenvalue weighted by molar-refractivity contribution is -0.385. The van der Waals surface area contributed by atoms with Crippen molar-refractivity contribution in [1.29, 1.82) is 0 Å². The Morgan fingerprint density at radius 1 is 1.35 bits per heavy atom.